The molecule has 2 nitrogen and oxygen atoms in total. The van der Waals surface area contributed by atoms with E-state index in [4.69, 9.17) is 0 Å². The minimum absolute atomic E-state index is 0.368. The van der Waals surface area contributed by atoms with Crippen LogP contribution in [-0.4, -0.2) is 30.3 Å². The van der Waals surface area contributed by atoms with Gasteiger partial charge < -0.3 is 4.90 Å². The molecule has 0 radical (unpaired) electrons. The number of unbranched alkanes of at least 4 members (excludes halogenated alkanes) is 3. The van der Waals surface area contributed by atoms with Gasteiger partial charge in [-0.05, 0) is 44.8 Å². The fourth-order valence-corrected chi connectivity index (χ4v) is 3.01. The highest BCUT2D eigenvalue weighted by Crippen LogP contribution is 2.19. The number of piperidine rings is 1. The van der Waals surface area contributed by atoms with Crippen molar-refractivity contribution in [1.82, 2.24) is 4.90 Å². The predicted octanol–water partition coefficient (Wildman–Crippen LogP) is 4.28. The van der Waals surface area contributed by atoms with Gasteiger partial charge in [0.1, 0.15) is 5.78 Å². The maximum absolute atomic E-state index is 11.6. The molecule has 0 amide bonds. The molecule has 0 saturated carbocycles. The van der Waals surface area contributed by atoms with Gasteiger partial charge in [-0.25, -0.2) is 0 Å². The first-order valence-electron chi connectivity index (χ1n) is 8.38. The van der Waals surface area contributed by atoms with Crippen molar-refractivity contribution in [3.05, 3.63) is 0 Å². The van der Waals surface area contributed by atoms with Crippen LogP contribution in [0, 0.1) is 11.8 Å². The smallest absolute Gasteiger partial charge is 0.135 e. The van der Waals surface area contributed by atoms with Crippen LogP contribution in [0.25, 0.3) is 0 Å². The van der Waals surface area contributed by atoms with Crippen LogP contribution in [-0.2, 0) is 4.79 Å². The zero-order valence-electron chi connectivity index (χ0n) is 13.3. The summed E-state index contributed by atoms with van der Waals surface area (Å²) in [4.78, 5) is 14.2. The van der Waals surface area contributed by atoms with Crippen LogP contribution in [0.3, 0.4) is 0 Å². The molecule has 0 bridgehead atoms. The summed E-state index contributed by atoms with van der Waals surface area (Å²) in [6, 6.07) is 0. The Bertz CT molecular complexity index is 242. The third kappa shape index (κ3) is 7.10. The van der Waals surface area contributed by atoms with Gasteiger partial charge in [-0.2, -0.15) is 0 Å². The lowest BCUT2D eigenvalue weighted by Gasteiger charge is -2.31. The molecule has 0 aliphatic carbocycles. The molecular formula is C17H33NO. The summed E-state index contributed by atoms with van der Waals surface area (Å²) in [5.41, 5.74) is 0. The number of nitrogens with zero attached hydrogens (tertiary/aromatic N) is 1. The molecule has 0 unspecified atom stereocenters. The number of hydrogen-bond donors (Lipinski definition) is 0. The Labute approximate surface area is 119 Å². The molecule has 112 valence electrons. The van der Waals surface area contributed by atoms with Crippen molar-refractivity contribution in [2.75, 3.05) is 19.6 Å². The third-order valence-electron chi connectivity index (χ3n) is 4.40. The quantitative estimate of drug-likeness (QED) is 0.581. The summed E-state index contributed by atoms with van der Waals surface area (Å²) in [7, 11) is 0. The Morgan fingerprint density at radius 3 is 2.32 bits per heavy atom. The molecule has 1 fully saturated rings. The highest BCUT2D eigenvalue weighted by Gasteiger charge is 2.23. The topological polar surface area (TPSA) is 20.3 Å². The van der Waals surface area contributed by atoms with E-state index in [2.05, 4.69) is 18.7 Å². The minimum atomic E-state index is 0.368. The zero-order valence-corrected chi connectivity index (χ0v) is 13.3. The van der Waals surface area contributed by atoms with E-state index in [0.29, 0.717) is 11.7 Å². The standard InChI is InChI=1S/C17H33NO/c1-4-17(19)16-10-13-18(14-11-16)12-8-6-5-7-9-15(2)3/h15-16H,4-14H2,1-3H3. The van der Waals surface area contributed by atoms with Crippen LogP contribution >= 0.6 is 0 Å². The average molecular weight is 267 g/mol. The largest absolute Gasteiger partial charge is 0.303 e. The van der Waals surface area contributed by atoms with E-state index < -0.39 is 0 Å². The molecule has 2 heteroatoms. The van der Waals surface area contributed by atoms with Crippen molar-refractivity contribution in [2.24, 2.45) is 11.8 Å². The molecule has 1 aliphatic heterocycles. The normalized spacial score (nSPS) is 18.1. The monoisotopic (exact) mass is 267 g/mol. The number of ketones is 1. The fraction of sp³-hybridized carbons (Fsp3) is 0.941. The first-order chi connectivity index (χ1) is 9.13. The molecule has 1 rings (SSSR count). The Balaban J connectivity index is 1.99. The highest BCUT2D eigenvalue weighted by molar-refractivity contribution is 5.80. The maximum atomic E-state index is 11.6. The molecule has 0 aromatic carbocycles. The SMILES string of the molecule is CCC(=O)C1CCN(CCCCCCC(C)C)CC1. The van der Waals surface area contributed by atoms with Crippen LogP contribution in [0.4, 0.5) is 0 Å². The van der Waals surface area contributed by atoms with Crippen molar-refractivity contribution in [2.45, 2.75) is 72.1 Å². The third-order valence-corrected chi connectivity index (χ3v) is 4.40. The van der Waals surface area contributed by atoms with Gasteiger partial charge in [-0.1, -0.05) is 46.5 Å². The van der Waals surface area contributed by atoms with E-state index in [9.17, 15) is 4.79 Å². The van der Waals surface area contributed by atoms with E-state index in [0.717, 1.165) is 38.3 Å². The van der Waals surface area contributed by atoms with Gasteiger partial charge in [0.15, 0.2) is 0 Å². The summed E-state index contributed by atoms with van der Waals surface area (Å²) in [6.45, 7) is 10.1. The average Bonchev–Trinajstić information content (AvgIpc) is 2.42. The van der Waals surface area contributed by atoms with Crippen molar-refractivity contribution >= 4 is 5.78 Å². The molecule has 1 saturated heterocycles. The van der Waals surface area contributed by atoms with Gasteiger partial charge in [0.25, 0.3) is 0 Å². The van der Waals surface area contributed by atoms with Crippen LogP contribution < -0.4 is 0 Å². The molecule has 1 heterocycles. The second kappa shape index (κ2) is 9.52. The minimum Gasteiger partial charge on any atom is -0.303 e. The van der Waals surface area contributed by atoms with Crippen molar-refractivity contribution < 1.29 is 4.79 Å². The Hall–Kier alpha value is -0.370. The lowest BCUT2D eigenvalue weighted by Crippen LogP contribution is -2.36. The molecule has 0 aromatic rings. The van der Waals surface area contributed by atoms with Crippen molar-refractivity contribution in [1.29, 1.82) is 0 Å². The van der Waals surface area contributed by atoms with Crippen molar-refractivity contribution in [3.8, 4) is 0 Å². The van der Waals surface area contributed by atoms with Gasteiger partial charge in [-0.15, -0.1) is 0 Å². The molecule has 0 aromatic heterocycles. The Morgan fingerprint density at radius 2 is 1.74 bits per heavy atom. The molecule has 0 atom stereocenters. The first kappa shape index (κ1) is 16.7. The number of Topliss-reactive ketones (excluding diaryl/α,β-unsaturated/α-hetero) is 1. The van der Waals surface area contributed by atoms with Gasteiger partial charge in [0, 0.05) is 12.3 Å². The lowest BCUT2D eigenvalue weighted by molar-refractivity contribution is -0.123. The molecule has 0 spiro atoms. The summed E-state index contributed by atoms with van der Waals surface area (Å²) in [5, 5.41) is 0. The number of likely N-dealkylation sites (tertiary alicyclic amines) is 1. The number of hydrogen-bond acceptors (Lipinski definition) is 2. The molecule has 0 N–H and O–H groups in total. The lowest BCUT2D eigenvalue weighted by atomic mass is 9.91. The van der Waals surface area contributed by atoms with Gasteiger partial charge in [-0.3, -0.25) is 4.79 Å². The van der Waals surface area contributed by atoms with Crippen LogP contribution in [0.1, 0.15) is 72.1 Å². The van der Waals surface area contributed by atoms with E-state index in [1.165, 1.54) is 38.6 Å². The van der Waals surface area contributed by atoms with E-state index in [1.807, 2.05) is 6.92 Å². The summed E-state index contributed by atoms with van der Waals surface area (Å²) < 4.78 is 0. The molecule has 1 aliphatic rings. The Morgan fingerprint density at radius 1 is 1.11 bits per heavy atom. The molecular weight excluding hydrogens is 234 g/mol. The second-order valence-electron chi connectivity index (χ2n) is 6.53. The van der Waals surface area contributed by atoms with Gasteiger partial charge >= 0.3 is 0 Å². The number of rotatable bonds is 9. The predicted molar refractivity (Wildman–Crippen MR) is 82.4 cm³/mol. The summed E-state index contributed by atoms with van der Waals surface area (Å²) in [6.07, 6.45) is 9.80. The van der Waals surface area contributed by atoms with Crippen LogP contribution in [0.15, 0.2) is 0 Å². The highest BCUT2D eigenvalue weighted by atomic mass is 16.1. The summed E-state index contributed by atoms with van der Waals surface area (Å²) >= 11 is 0. The second-order valence-corrected chi connectivity index (χ2v) is 6.53. The number of carbonyl (C=O) groups is 1. The summed E-state index contributed by atoms with van der Waals surface area (Å²) in [5.74, 6) is 1.70. The van der Waals surface area contributed by atoms with E-state index in [-0.39, 0.29) is 0 Å². The fourth-order valence-electron chi connectivity index (χ4n) is 3.01. The maximum Gasteiger partial charge on any atom is 0.135 e. The van der Waals surface area contributed by atoms with Gasteiger partial charge in [0.05, 0.1) is 0 Å². The van der Waals surface area contributed by atoms with Crippen LogP contribution in [0.2, 0.25) is 0 Å². The Kier molecular flexibility index (Phi) is 8.36. The first-order valence-corrected chi connectivity index (χ1v) is 8.38. The number of carbonyl (C=O) groups excluding carboxylic acids is 1. The van der Waals surface area contributed by atoms with Crippen molar-refractivity contribution in [3.63, 3.8) is 0 Å². The van der Waals surface area contributed by atoms with Crippen LogP contribution in [0.5, 0.6) is 0 Å². The van der Waals surface area contributed by atoms with E-state index in [1.54, 1.807) is 0 Å². The van der Waals surface area contributed by atoms with Gasteiger partial charge in [0.2, 0.25) is 0 Å². The van der Waals surface area contributed by atoms with E-state index >= 15 is 0 Å². The zero-order chi connectivity index (χ0) is 14.1. The molecule has 19 heavy (non-hydrogen) atoms.